The van der Waals surface area contributed by atoms with Crippen LogP contribution in [0.4, 0.5) is 5.69 Å². The van der Waals surface area contributed by atoms with Crippen molar-refractivity contribution in [2.45, 2.75) is 18.9 Å². The van der Waals surface area contributed by atoms with E-state index < -0.39 is 5.91 Å². The highest BCUT2D eigenvalue weighted by Crippen LogP contribution is 2.24. The lowest BCUT2D eigenvalue weighted by molar-refractivity contribution is 0.101. The van der Waals surface area contributed by atoms with Crippen molar-refractivity contribution in [2.24, 2.45) is 0 Å². The van der Waals surface area contributed by atoms with Crippen LogP contribution >= 0.6 is 27.5 Å². The highest BCUT2D eigenvalue weighted by Gasteiger charge is 2.24. The molecule has 2 N–H and O–H groups in total. The van der Waals surface area contributed by atoms with Gasteiger partial charge in [-0.25, -0.2) is 4.98 Å². The number of carbonyl (C=O) groups excluding carboxylic acids is 1. The van der Waals surface area contributed by atoms with Crippen molar-refractivity contribution in [2.75, 3.05) is 11.9 Å². The summed E-state index contributed by atoms with van der Waals surface area (Å²) >= 11 is 9.18. The molecule has 110 valence electrons. The van der Waals surface area contributed by atoms with E-state index in [2.05, 4.69) is 41.7 Å². The summed E-state index contributed by atoms with van der Waals surface area (Å²) in [6.07, 6.45) is 3.51. The molecule has 2 aromatic rings. The molecular weight excluding hydrogens is 362 g/mol. The molecule has 9 heteroatoms. The molecule has 1 aliphatic heterocycles. The second kappa shape index (κ2) is 6.08. The molecule has 1 amide bonds. The van der Waals surface area contributed by atoms with E-state index in [4.69, 9.17) is 16.1 Å². The third-order valence-corrected chi connectivity index (χ3v) is 3.79. The van der Waals surface area contributed by atoms with Crippen LogP contribution in [0.15, 0.2) is 21.3 Å². The lowest BCUT2D eigenvalue weighted by atomic mass is 10.2. The predicted octanol–water partition coefficient (Wildman–Crippen LogP) is 2.56. The number of rotatable bonds is 3. The van der Waals surface area contributed by atoms with Crippen LogP contribution in [0.25, 0.3) is 0 Å². The van der Waals surface area contributed by atoms with Crippen molar-refractivity contribution in [1.82, 2.24) is 20.4 Å². The number of hydrogen-bond acceptors (Lipinski definition) is 6. The Kier molecular flexibility index (Phi) is 4.18. The molecule has 1 aliphatic rings. The third-order valence-electron chi connectivity index (χ3n) is 3.06. The van der Waals surface area contributed by atoms with Gasteiger partial charge in [0.2, 0.25) is 5.89 Å². The summed E-state index contributed by atoms with van der Waals surface area (Å²) in [5, 5.41) is 9.71. The highest BCUT2D eigenvalue weighted by atomic mass is 79.9. The van der Waals surface area contributed by atoms with Crippen LogP contribution in [0.5, 0.6) is 0 Å². The van der Waals surface area contributed by atoms with Crippen LogP contribution in [-0.4, -0.2) is 27.6 Å². The number of pyridine rings is 1. The van der Waals surface area contributed by atoms with Gasteiger partial charge in [-0.15, -0.1) is 0 Å². The molecule has 3 rings (SSSR count). The molecule has 0 aliphatic carbocycles. The average molecular weight is 373 g/mol. The van der Waals surface area contributed by atoms with Gasteiger partial charge in [0.1, 0.15) is 0 Å². The van der Waals surface area contributed by atoms with Crippen LogP contribution in [0.2, 0.25) is 5.15 Å². The molecule has 0 aromatic carbocycles. The summed E-state index contributed by atoms with van der Waals surface area (Å²) in [7, 11) is 0. The van der Waals surface area contributed by atoms with E-state index in [9.17, 15) is 4.79 Å². The van der Waals surface area contributed by atoms with Crippen LogP contribution in [-0.2, 0) is 0 Å². The predicted molar refractivity (Wildman–Crippen MR) is 79.2 cm³/mol. The fourth-order valence-corrected chi connectivity index (χ4v) is 2.53. The number of aromatic nitrogens is 3. The summed E-state index contributed by atoms with van der Waals surface area (Å²) < 4.78 is 5.82. The first-order valence-corrected chi connectivity index (χ1v) is 7.50. The quantitative estimate of drug-likeness (QED) is 0.804. The Morgan fingerprint density at radius 3 is 3.19 bits per heavy atom. The smallest absolute Gasteiger partial charge is 0.297 e. The van der Waals surface area contributed by atoms with Gasteiger partial charge in [-0.1, -0.05) is 16.8 Å². The average Bonchev–Trinajstić information content (AvgIpc) is 3.12. The topological polar surface area (TPSA) is 92.9 Å². The first-order chi connectivity index (χ1) is 10.1. The Balaban J connectivity index is 1.74. The normalized spacial score (nSPS) is 17.9. The minimum Gasteiger partial charge on any atom is -0.337 e. The minimum absolute atomic E-state index is 0.0233. The number of amides is 1. The number of anilines is 1. The lowest BCUT2D eigenvalue weighted by Gasteiger charge is -2.04. The van der Waals surface area contributed by atoms with Crippen molar-refractivity contribution in [1.29, 1.82) is 0 Å². The second-order valence-electron chi connectivity index (χ2n) is 4.55. The van der Waals surface area contributed by atoms with Crippen molar-refractivity contribution >= 4 is 39.1 Å². The summed E-state index contributed by atoms with van der Waals surface area (Å²) in [6, 6.07) is 1.67. The van der Waals surface area contributed by atoms with Crippen molar-refractivity contribution < 1.29 is 9.32 Å². The number of halogens is 2. The number of hydrogen-bond donors (Lipinski definition) is 2. The Hall–Kier alpha value is -1.51. The van der Waals surface area contributed by atoms with Crippen molar-refractivity contribution in [3.05, 3.63) is 33.6 Å². The lowest BCUT2D eigenvalue weighted by Crippen LogP contribution is -2.16. The van der Waals surface area contributed by atoms with Crippen molar-refractivity contribution in [3.8, 4) is 0 Å². The van der Waals surface area contributed by atoms with Crippen LogP contribution in [0.3, 0.4) is 0 Å². The molecule has 21 heavy (non-hydrogen) atoms. The summed E-state index contributed by atoms with van der Waals surface area (Å²) in [6.45, 7) is 0.911. The van der Waals surface area contributed by atoms with Gasteiger partial charge >= 0.3 is 0 Å². The summed E-state index contributed by atoms with van der Waals surface area (Å²) in [5.74, 6) is -0.101. The zero-order valence-electron chi connectivity index (χ0n) is 10.8. The summed E-state index contributed by atoms with van der Waals surface area (Å²) in [5.41, 5.74) is 0.376. The Morgan fingerprint density at radius 1 is 1.57 bits per heavy atom. The van der Waals surface area contributed by atoms with Gasteiger partial charge in [0.25, 0.3) is 11.7 Å². The third kappa shape index (κ3) is 3.22. The summed E-state index contributed by atoms with van der Waals surface area (Å²) in [4.78, 5) is 20.1. The van der Waals surface area contributed by atoms with E-state index in [1.54, 1.807) is 6.07 Å². The monoisotopic (exact) mass is 371 g/mol. The molecule has 1 saturated heterocycles. The molecule has 0 radical (unpaired) electrons. The molecule has 0 bridgehead atoms. The van der Waals surface area contributed by atoms with Gasteiger partial charge in [-0.3, -0.25) is 4.79 Å². The van der Waals surface area contributed by atoms with E-state index in [0.717, 1.165) is 19.4 Å². The maximum Gasteiger partial charge on any atom is 0.297 e. The number of carbonyl (C=O) groups is 1. The Morgan fingerprint density at radius 2 is 2.43 bits per heavy atom. The molecular formula is C12H11BrClN5O2. The largest absolute Gasteiger partial charge is 0.337 e. The van der Waals surface area contributed by atoms with Gasteiger partial charge in [-0.05, 0) is 41.4 Å². The first-order valence-electron chi connectivity index (χ1n) is 6.33. The molecule has 1 atom stereocenters. The zero-order valence-corrected chi connectivity index (χ0v) is 13.1. The molecule has 0 saturated carbocycles. The number of nitrogens with one attached hydrogen (secondary N) is 2. The fourth-order valence-electron chi connectivity index (χ4n) is 2.05. The van der Waals surface area contributed by atoms with E-state index in [1.165, 1.54) is 6.20 Å². The maximum atomic E-state index is 12.1. The molecule has 1 fully saturated rings. The van der Waals surface area contributed by atoms with Crippen LogP contribution in [0.1, 0.15) is 35.4 Å². The first kappa shape index (κ1) is 14.4. The van der Waals surface area contributed by atoms with Crippen LogP contribution in [0, 0.1) is 0 Å². The van der Waals surface area contributed by atoms with Gasteiger partial charge in [0, 0.05) is 10.7 Å². The molecule has 2 aromatic heterocycles. The highest BCUT2D eigenvalue weighted by molar-refractivity contribution is 9.10. The van der Waals surface area contributed by atoms with E-state index >= 15 is 0 Å². The SMILES string of the molecule is O=C(Nc1cc(Br)cnc1Cl)c1noc(C2CCCN2)n1. The van der Waals surface area contributed by atoms with Gasteiger partial charge in [-0.2, -0.15) is 4.98 Å². The minimum atomic E-state index is -0.496. The fraction of sp³-hybridized carbons (Fsp3) is 0.333. The molecule has 7 nitrogen and oxygen atoms in total. The Labute approximate surface area is 133 Å². The van der Waals surface area contributed by atoms with Crippen molar-refractivity contribution in [3.63, 3.8) is 0 Å². The molecule has 1 unspecified atom stereocenters. The Bertz CT molecular complexity index is 671. The molecule has 3 heterocycles. The van der Waals surface area contributed by atoms with Crippen LogP contribution < -0.4 is 10.6 Å². The van der Waals surface area contributed by atoms with Gasteiger partial charge in [0.15, 0.2) is 5.15 Å². The van der Waals surface area contributed by atoms with E-state index in [0.29, 0.717) is 16.1 Å². The second-order valence-corrected chi connectivity index (χ2v) is 5.82. The van der Waals surface area contributed by atoms with E-state index in [-0.39, 0.29) is 17.0 Å². The standard InChI is InChI=1S/C12H11BrClN5O2/c13-6-4-8(9(14)16-5-6)17-11(20)10-18-12(21-19-10)7-2-1-3-15-7/h4-5,7,15H,1-3H2,(H,17,20). The van der Waals surface area contributed by atoms with E-state index in [1.807, 2.05) is 0 Å². The van der Waals surface area contributed by atoms with Gasteiger partial charge < -0.3 is 15.2 Å². The zero-order chi connectivity index (χ0) is 14.8. The number of nitrogens with zero attached hydrogens (tertiary/aromatic N) is 3. The molecule has 0 spiro atoms. The van der Waals surface area contributed by atoms with Gasteiger partial charge in [0.05, 0.1) is 11.7 Å². The maximum absolute atomic E-state index is 12.1.